The number of alkyl halides is 2. The van der Waals surface area contributed by atoms with Crippen molar-refractivity contribution in [1.29, 1.82) is 0 Å². The molecule has 0 unspecified atom stereocenters. The van der Waals surface area contributed by atoms with Gasteiger partial charge in [0.05, 0.1) is 22.0 Å². The first-order chi connectivity index (χ1) is 15.9. The van der Waals surface area contributed by atoms with Crippen molar-refractivity contribution in [3.63, 3.8) is 0 Å². The van der Waals surface area contributed by atoms with Crippen LogP contribution in [-0.4, -0.2) is 44.5 Å². The maximum absolute atomic E-state index is 13.1. The number of halogens is 4. The SMILES string of the molecule is CCOc1ccc(Cl)c2nc(OC(F)F)c(Cc3ccc(S(C)(=O)=O)cc3Cl)c(C)c12.O=CO. The zero-order valence-corrected chi connectivity index (χ0v) is 20.6. The van der Waals surface area contributed by atoms with E-state index in [1.54, 1.807) is 19.1 Å². The van der Waals surface area contributed by atoms with Crippen LogP contribution >= 0.6 is 23.2 Å². The van der Waals surface area contributed by atoms with Crippen LogP contribution in [0.4, 0.5) is 8.78 Å². The molecule has 1 heterocycles. The fourth-order valence-electron chi connectivity index (χ4n) is 3.26. The van der Waals surface area contributed by atoms with Gasteiger partial charge in [0.15, 0.2) is 9.84 Å². The summed E-state index contributed by atoms with van der Waals surface area (Å²) in [5, 5.41) is 7.92. The highest BCUT2D eigenvalue weighted by Gasteiger charge is 2.22. The van der Waals surface area contributed by atoms with E-state index in [-0.39, 0.29) is 39.2 Å². The smallest absolute Gasteiger partial charge is 0.388 e. The number of carbonyl (C=O) groups is 1. The quantitative estimate of drug-likeness (QED) is 0.396. The molecule has 1 aromatic heterocycles. The molecule has 1 N–H and O–H groups in total. The summed E-state index contributed by atoms with van der Waals surface area (Å²) in [6, 6.07) is 7.54. The molecule has 0 aliphatic rings. The van der Waals surface area contributed by atoms with Crippen LogP contribution in [0, 0.1) is 6.92 Å². The van der Waals surface area contributed by atoms with Gasteiger partial charge in [0.2, 0.25) is 5.88 Å². The second-order valence-electron chi connectivity index (χ2n) is 6.91. The minimum absolute atomic E-state index is 0.0593. The Morgan fingerprint density at radius 1 is 1.18 bits per heavy atom. The van der Waals surface area contributed by atoms with Gasteiger partial charge in [-0.2, -0.15) is 8.78 Å². The summed E-state index contributed by atoms with van der Waals surface area (Å²) in [6.45, 7) is 0.594. The number of nitrogens with zero attached hydrogens (tertiary/aromatic N) is 1. The number of aromatic nitrogens is 1. The fraction of sp³-hybridized carbons (Fsp3) is 0.273. The van der Waals surface area contributed by atoms with Crippen LogP contribution < -0.4 is 9.47 Å². The lowest BCUT2D eigenvalue weighted by Crippen LogP contribution is -2.09. The minimum atomic E-state index is -3.44. The minimum Gasteiger partial charge on any atom is -0.493 e. The van der Waals surface area contributed by atoms with E-state index < -0.39 is 16.4 Å². The molecule has 3 aromatic rings. The van der Waals surface area contributed by atoms with Gasteiger partial charge in [0.1, 0.15) is 5.75 Å². The number of aryl methyl sites for hydroxylation is 1. The zero-order chi connectivity index (χ0) is 25.6. The number of rotatable bonds is 7. The van der Waals surface area contributed by atoms with Gasteiger partial charge >= 0.3 is 6.61 Å². The van der Waals surface area contributed by atoms with Crippen molar-refractivity contribution in [3.8, 4) is 11.6 Å². The normalized spacial score (nSPS) is 11.2. The number of fused-ring (bicyclic) bond motifs is 1. The largest absolute Gasteiger partial charge is 0.493 e. The van der Waals surface area contributed by atoms with Crippen LogP contribution in [0.25, 0.3) is 10.9 Å². The molecular weight excluding hydrogens is 515 g/mol. The van der Waals surface area contributed by atoms with Crippen LogP contribution in [0.15, 0.2) is 35.2 Å². The van der Waals surface area contributed by atoms with Crippen LogP contribution in [0.5, 0.6) is 11.6 Å². The number of pyridine rings is 1. The van der Waals surface area contributed by atoms with Crippen molar-refractivity contribution >= 4 is 50.4 Å². The Labute approximate surface area is 205 Å². The standard InChI is InChI=1S/C21H19Cl2F2NO4S.CH2O2/c1-4-29-17-8-7-15(22)19-18(17)11(2)14(20(26-19)30-21(24)25)9-12-5-6-13(10-16(12)23)31(3,27)28;2-1-3/h5-8,10,21H,4,9H2,1-3H3;1H,(H,2,3). The van der Waals surface area contributed by atoms with Gasteiger partial charge in [0, 0.05) is 28.6 Å². The Morgan fingerprint density at radius 2 is 1.82 bits per heavy atom. The molecule has 0 atom stereocenters. The second-order valence-corrected chi connectivity index (χ2v) is 9.74. The Morgan fingerprint density at radius 3 is 2.35 bits per heavy atom. The molecule has 0 radical (unpaired) electrons. The topological polar surface area (TPSA) is 103 Å². The number of hydrogen-bond acceptors (Lipinski definition) is 6. The molecule has 2 aromatic carbocycles. The first-order valence-corrected chi connectivity index (χ1v) is 12.3. The third-order valence-corrected chi connectivity index (χ3v) is 6.48. The maximum atomic E-state index is 13.1. The highest BCUT2D eigenvalue weighted by molar-refractivity contribution is 7.90. The summed E-state index contributed by atoms with van der Waals surface area (Å²) >= 11 is 12.6. The predicted octanol–water partition coefficient (Wildman–Crippen LogP) is 5.55. The molecular formula is C22H21Cl2F2NO6S. The number of sulfone groups is 1. The van der Waals surface area contributed by atoms with E-state index in [9.17, 15) is 17.2 Å². The lowest BCUT2D eigenvalue weighted by Gasteiger charge is -2.18. The molecule has 0 spiro atoms. The number of ether oxygens (including phenoxy) is 2. The third kappa shape index (κ3) is 6.46. The van der Waals surface area contributed by atoms with Crippen LogP contribution in [0.2, 0.25) is 10.0 Å². The maximum Gasteiger partial charge on any atom is 0.388 e. The average molecular weight is 536 g/mol. The Hall–Kier alpha value is -2.69. The van der Waals surface area contributed by atoms with E-state index in [0.717, 1.165) is 6.26 Å². The van der Waals surface area contributed by atoms with Gasteiger partial charge in [-0.25, -0.2) is 13.4 Å². The first kappa shape index (κ1) is 27.6. The Balaban J connectivity index is 0.00000129. The Kier molecular flexibility index (Phi) is 9.43. The first-order valence-electron chi connectivity index (χ1n) is 9.70. The highest BCUT2D eigenvalue weighted by atomic mass is 35.5. The second kappa shape index (κ2) is 11.6. The molecule has 7 nitrogen and oxygen atoms in total. The molecule has 0 saturated heterocycles. The van der Waals surface area contributed by atoms with E-state index in [1.807, 2.05) is 6.92 Å². The molecule has 34 heavy (non-hydrogen) atoms. The monoisotopic (exact) mass is 535 g/mol. The van der Waals surface area contributed by atoms with Crippen molar-refractivity contribution in [2.24, 2.45) is 0 Å². The van der Waals surface area contributed by atoms with Gasteiger partial charge in [-0.1, -0.05) is 29.3 Å². The van der Waals surface area contributed by atoms with Crippen molar-refractivity contribution in [1.82, 2.24) is 4.98 Å². The van der Waals surface area contributed by atoms with Crippen LogP contribution in [0.3, 0.4) is 0 Å². The van der Waals surface area contributed by atoms with Crippen molar-refractivity contribution in [2.75, 3.05) is 12.9 Å². The summed E-state index contributed by atoms with van der Waals surface area (Å²) in [6.07, 6.45) is 1.15. The summed E-state index contributed by atoms with van der Waals surface area (Å²) in [5.74, 6) is 0.231. The van der Waals surface area contributed by atoms with Gasteiger partial charge < -0.3 is 14.6 Å². The lowest BCUT2D eigenvalue weighted by atomic mass is 9.97. The number of carboxylic acid groups (broad SMARTS) is 1. The summed E-state index contributed by atoms with van der Waals surface area (Å²) < 4.78 is 60.1. The third-order valence-electron chi connectivity index (χ3n) is 4.71. The number of hydrogen-bond donors (Lipinski definition) is 1. The summed E-state index contributed by atoms with van der Waals surface area (Å²) in [4.78, 5) is 12.7. The highest BCUT2D eigenvalue weighted by Crippen LogP contribution is 2.39. The van der Waals surface area contributed by atoms with Gasteiger partial charge in [-0.15, -0.1) is 0 Å². The van der Waals surface area contributed by atoms with Gasteiger partial charge in [-0.3, -0.25) is 4.79 Å². The average Bonchev–Trinajstić information content (AvgIpc) is 2.73. The van der Waals surface area contributed by atoms with Crippen molar-refractivity contribution in [2.45, 2.75) is 31.8 Å². The van der Waals surface area contributed by atoms with Gasteiger partial charge in [-0.05, 0) is 49.2 Å². The van der Waals surface area contributed by atoms with Crippen molar-refractivity contribution in [3.05, 3.63) is 57.1 Å². The van der Waals surface area contributed by atoms with E-state index >= 15 is 0 Å². The van der Waals surface area contributed by atoms with E-state index in [0.29, 0.717) is 34.4 Å². The van der Waals surface area contributed by atoms with Gasteiger partial charge in [0.25, 0.3) is 6.47 Å². The molecule has 0 aliphatic carbocycles. The molecule has 12 heteroatoms. The van der Waals surface area contributed by atoms with E-state index in [4.69, 9.17) is 42.6 Å². The van der Waals surface area contributed by atoms with Crippen molar-refractivity contribution < 1.29 is 36.6 Å². The molecule has 0 fully saturated rings. The molecule has 0 bridgehead atoms. The lowest BCUT2D eigenvalue weighted by molar-refractivity contribution is -0.122. The van der Waals surface area contributed by atoms with E-state index in [1.165, 1.54) is 18.2 Å². The molecule has 0 saturated carbocycles. The predicted molar refractivity (Wildman–Crippen MR) is 125 cm³/mol. The summed E-state index contributed by atoms with van der Waals surface area (Å²) in [7, 11) is -3.44. The fourth-order valence-corrected chi connectivity index (χ4v) is 4.42. The number of benzene rings is 2. The molecule has 0 amide bonds. The molecule has 184 valence electrons. The van der Waals surface area contributed by atoms with E-state index in [2.05, 4.69) is 4.98 Å². The molecule has 0 aliphatic heterocycles. The van der Waals surface area contributed by atoms with Crippen LogP contribution in [-0.2, 0) is 21.1 Å². The zero-order valence-electron chi connectivity index (χ0n) is 18.3. The summed E-state index contributed by atoms with van der Waals surface area (Å²) in [5.41, 5.74) is 1.76. The van der Waals surface area contributed by atoms with Crippen LogP contribution in [0.1, 0.15) is 23.6 Å². The molecule has 3 rings (SSSR count). The Bertz CT molecular complexity index is 1300.